The molecule has 1 amide bonds. The van der Waals surface area contributed by atoms with Gasteiger partial charge in [-0.25, -0.2) is 0 Å². The van der Waals surface area contributed by atoms with Crippen molar-refractivity contribution in [2.45, 2.75) is 26.3 Å². The first-order valence-electron chi connectivity index (χ1n) is 7.60. The van der Waals surface area contributed by atoms with Gasteiger partial charge in [0.25, 0.3) is 0 Å². The van der Waals surface area contributed by atoms with Crippen LogP contribution in [0.4, 0.5) is 0 Å². The number of carbonyl (C=O) groups excluding carboxylic acids is 1. The zero-order chi connectivity index (χ0) is 15.9. The Bertz CT molecular complexity index is 574. The van der Waals surface area contributed by atoms with Crippen LogP contribution in [-0.4, -0.2) is 30.2 Å². The molecule has 4 heteroatoms. The fourth-order valence-electron chi connectivity index (χ4n) is 2.32. The quantitative estimate of drug-likeness (QED) is 0.854. The predicted molar refractivity (Wildman–Crippen MR) is 88.1 cm³/mol. The highest BCUT2D eigenvalue weighted by Crippen LogP contribution is 2.11. The number of amides is 1. The molecule has 0 aliphatic carbocycles. The van der Waals surface area contributed by atoms with Crippen LogP contribution in [0.25, 0.3) is 5.69 Å². The van der Waals surface area contributed by atoms with Crippen molar-refractivity contribution < 1.29 is 9.53 Å². The fraction of sp³-hybridized carbons (Fsp3) is 0.389. The summed E-state index contributed by atoms with van der Waals surface area (Å²) in [7, 11) is 1.65. The van der Waals surface area contributed by atoms with Crippen LogP contribution in [0.1, 0.15) is 19.4 Å². The smallest absolute Gasteiger partial charge is 0.224 e. The van der Waals surface area contributed by atoms with Gasteiger partial charge in [-0.3, -0.25) is 4.79 Å². The lowest BCUT2D eigenvalue weighted by atomic mass is 10.0. The maximum absolute atomic E-state index is 12.1. The Morgan fingerprint density at radius 3 is 2.36 bits per heavy atom. The van der Waals surface area contributed by atoms with Crippen molar-refractivity contribution in [2.75, 3.05) is 13.7 Å². The average Bonchev–Trinajstić information content (AvgIpc) is 3.01. The van der Waals surface area contributed by atoms with Crippen LogP contribution < -0.4 is 5.32 Å². The van der Waals surface area contributed by atoms with Gasteiger partial charge >= 0.3 is 0 Å². The van der Waals surface area contributed by atoms with Gasteiger partial charge in [0.1, 0.15) is 0 Å². The number of hydrogen-bond acceptors (Lipinski definition) is 2. The summed E-state index contributed by atoms with van der Waals surface area (Å²) in [6.07, 6.45) is 4.39. The van der Waals surface area contributed by atoms with E-state index >= 15 is 0 Å². The highest BCUT2D eigenvalue weighted by Gasteiger charge is 2.16. The zero-order valence-corrected chi connectivity index (χ0v) is 13.5. The molecule has 1 heterocycles. The maximum atomic E-state index is 12.1. The molecule has 1 aromatic carbocycles. The lowest BCUT2D eigenvalue weighted by Crippen LogP contribution is -2.42. The third-order valence-electron chi connectivity index (χ3n) is 3.70. The third kappa shape index (κ3) is 4.46. The van der Waals surface area contributed by atoms with Crippen molar-refractivity contribution in [3.8, 4) is 5.69 Å². The van der Waals surface area contributed by atoms with Gasteiger partial charge in [-0.2, -0.15) is 0 Å². The molecule has 2 rings (SSSR count). The monoisotopic (exact) mass is 300 g/mol. The van der Waals surface area contributed by atoms with Gasteiger partial charge in [-0.15, -0.1) is 0 Å². The summed E-state index contributed by atoms with van der Waals surface area (Å²) in [5, 5.41) is 3.04. The topological polar surface area (TPSA) is 43.3 Å². The molecule has 0 bridgehead atoms. The highest BCUT2D eigenvalue weighted by molar-refractivity contribution is 5.79. The number of carbonyl (C=O) groups is 1. The molecular formula is C18H24N2O2. The van der Waals surface area contributed by atoms with E-state index in [1.54, 1.807) is 7.11 Å². The lowest BCUT2D eigenvalue weighted by Gasteiger charge is -2.21. The maximum Gasteiger partial charge on any atom is 0.224 e. The number of nitrogens with zero attached hydrogens (tertiary/aromatic N) is 1. The second-order valence-corrected chi connectivity index (χ2v) is 5.81. The molecule has 0 spiro atoms. The summed E-state index contributed by atoms with van der Waals surface area (Å²) in [6, 6.07) is 12.1. The van der Waals surface area contributed by atoms with E-state index in [1.807, 2.05) is 53.4 Å². The van der Waals surface area contributed by atoms with E-state index in [0.717, 1.165) is 11.3 Å². The number of ether oxygens (including phenoxy) is 1. The molecule has 0 aliphatic heterocycles. The van der Waals surface area contributed by atoms with Crippen LogP contribution >= 0.6 is 0 Å². The van der Waals surface area contributed by atoms with E-state index in [-0.39, 0.29) is 11.9 Å². The molecular weight excluding hydrogens is 276 g/mol. The zero-order valence-electron chi connectivity index (χ0n) is 13.5. The molecule has 1 N–H and O–H groups in total. The van der Waals surface area contributed by atoms with Crippen LogP contribution in [0, 0.1) is 5.92 Å². The Morgan fingerprint density at radius 2 is 1.82 bits per heavy atom. The van der Waals surface area contributed by atoms with E-state index in [0.29, 0.717) is 18.9 Å². The standard InChI is InChI=1S/C18H24N2O2/c1-14(2)17(13-22-3)19-18(21)12-15-6-8-16(9-7-15)20-10-4-5-11-20/h4-11,14,17H,12-13H2,1-3H3,(H,19,21)/t17-/m0/s1. The second-order valence-electron chi connectivity index (χ2n) is 5.81. The molecule has 0 saturated heterocycles. The Labute approximate surface area is 132 Å². The molecule has 0 saturated carbocycles. The lowest BCUT2D eigenvalue weighted by molar-refractivity contribution is -0.121. The molecule has 0 radical (unpaired) electrons. The second kappa shape index (κ2) is 7.80. The SMILES string of the molecule is COC[C@H](NC(=O)Cc1ccc(-n2cccc2)cc1)C(C)C. The molecule has 118 valence electrons. The predicted octanol–water partition coefficient (Wildman–Crippen LogP) is 2.81. The van der Waals surface area contributed by atoms with E-state index < -0.39 is 0 Å². The molecule has 0 unspecified atom stereocenters. The van der Waals surface area contributed by atoms with Crippen LogP contribution in [-0.2, 0) is 16.0 Å². The molecule has 0 aliphatic rings. The summed E-state index contributed by atoms with van der Waals surface area (Å²) >= 11 is 0. The fourth-order valence-corrected chi connectivity index (χ4v) is 2.32. The summed E-state index contributed by atoms with van der Waals surface area (Å²) in [4.78, 5) is 12.1. The number of nitrogens with one attached hydrogen (secondary N) is 1. The molecule has 0 fully saturated rings. The van der Waals surface area contributed by atoms with Gasteiger partial charge in [-0.05, 0) is 35.7 Å². The Kier molecular flexibility index (Phi) is 5.78. The summed E-state index contributed by atoms with van der Waals surface area (Å²) in [6.45, 7) is 4.70. The molecule has 4 nitrogen and oxygen atoms in total. The largest absolute Gasteiger partial charge is 0.383 e. The minimum absolute atomic E-state index is 0.0319. The third-order valence-corrected chi connectivity index (χ3v) is 3.70. The summed E-state index contributed by atoms with van der Waals surface area (Å²) in [5.41, 5.74) is 2.10. The molecule has 2 aromatic rings. The highest BCUT2D eigenvalue weighted by atomic mass is 16.5. The first kappa shape index (κ1) is 16.3. The molecule has 1 aromatic heterocycles. The van der Waals surface area contributed by atoms with E-state index in [1.165, 1.54) is 0 Å². The van der Waals surface area contributed by atoms with Crippen molar-refractivity contribution in [1.29, 1.82) is 0 Å². The van der Waals surface area contributed by atoms with Crippen LogP contribution in [0.3, 0.4) is 0 Å². The van der Waals surface area contributed by atoms with Crippen LogP contribution in [0.2, 0.25) is 0 Å². The van der Waals surface area contributed by atoms with Gasteiger partial charge < -0.3 is 14.6 Å². The number of aromatic nitrogens is 1. The summed E-state index contributed by atoms with van der Waals surface area (Å²) in [5.74, 6) is 0.379. The van der Waals surface area contributed by atoms with Gasteiger partial charge in [0.05, 0.1) is 19.1 Å². The van der Waals surface area contributed by atoms with E-state index in [2.05, 4.69) is 19.2 Å². The van der Waals surface area contributed by atoms with Gasteiger partial charge in [0.15, 0.2) is 0 Å². The minimum atomic E-state index is 0.0319. The van der Waals surface area contributed by atoms with E-state index in [4.69, 9.17) is 4.74 Å². The van der Waals surface area contributed by atoms with Gasteiger partial charge in [0.2, 0.25) is 5.91 Å². The van der Waals surface area contributed by atoms with Gasteiger partial charge in [-0.1, -0.05) is 26.0 Å². The number of rotatable bonds is 7. The number of benzene rings is 1. The normalized spacial score (nSPS) is 12.4. The molecule has 22 heavy (non-hydrogen) atoms. The molecule has 1 atom stereocenters. The minimum Gasteiger partial charge on any atom is -0.383 e. The van der Waals surface area contributed by atoms with Crippen LogP contribution in [0.15, 0.2) is 48.8 Å². The van der Waals surface area contributed by atoms with E-state index in [9.17, 15) is 4.79 Å². The van der Waals surface area contributed by atoms with Crippen molar-refractivity contribution in [3.63, 3.8) is 0 Å². The first-order chi connectivity index (χ1) is 10.6. The Morgan fingerprint density at radius 1 is 1.18 bits per heavy atom. The van der Waals surface area contributed by atoms with Crippen LogP contribution in [0.5, 0.6) is 0 Å². The van der Waals surface area contributed by atoms with Gasteiger partial charge in [0, 0.05) is 25.2 Å². The average molecular weight is 300 g/mol. The number of methoxy groups -OCH3 is 1. The van der Waals surface area contributed by atoms with Crippen molar-refractivity contribution in [2.24, 2.45) is 5.92 Å². The van der Waals surface area contributed by atoms with Crippen molar-refractivity contribution >= 4 is 5.91 Å². The Balaban J connectivity index is 1.94. The van der Waals surface area contributed by atoms with Crippen molar-refractivity contribution in [3.05, 3.63) is 54.4 Å². The Hall–Kier alpha value is -2.07. The summed E-state index contributed by atoms with van der Waals surface area (Å²) < 4.78 is 7.19. The first-order valence-corrected chi connectivity index (χ1v) is 7.60. The number of hydrogen-bond donors (Lipinski definition) is 1. The van der Waals surface area contributed by atoms with Crippen molar-refractivity contribution in [1.82, 2.24) is 9.88 Å².